The number of anilines is 2. The maximum Gasteiger partial charge on any atom is 0.264 e. The summed E-state index contributed by atoms with van der Waals surface area (Å²) in [4.78, 5) is 27.3. The van der Waals surface area contributed by atoms with Crippen LogP contribution < -0.4 is 14.5 Å². The Kier molecular flexibility index (Phi) is 4.02. The fourth-order valence-electron chi connectivity index (χ4n) is 2.52. The number of para-hydroxylation sites is 1. The van der Waals surface area contributed by atoms with Crippen LogP contribution in [0.15, 0.2) is 48.5 Å². The van der Waals surface area contributed by atoms with Gasteiger partial charge in [0.05, 0.1) is 12.1 Å². The summed E-state index contributed by atoms with van der Waals surface area (Å²) in [6, 6.07) is 15.0. The van der Waals surface area contributed by atoms with Gasteiger partial charge in [0.2, 0.25) is 5.91 Å². The van der Waals surface area contributed by atoms with Gasteiger partial charge >= 0.3 is 0 Å². The molecule has 1 aliphatic heterocycles. The Morgan fingerprint density at radius 1 is 1.22 bits per heavy atom. The van der Waals surface area contributed by atoms with Gasteiger partial charge < -0.3 is 14.5 Å². The van der Waals surface area contributed by atoms with E-state index >= 15 is 0 Å². The van der Waals surface area contributed by atoms with E-state index in [0.717, 1.165) is 11.3 Å². The van der Waals surface area contributed by atoms with Crippen molar-refractivity contribution in [3.05, 3.63) is 54.1 Å². The molecule has 0 bridgehead atoms. The lowest BCUT2D eigenvalue weighted by atomic mass is 10.1. The molecule has 0 fully saturated rings. The predicted molar refractivity (Wildman–Crippen MR) is 88.9 cm³/mol. The highest BCUT2D eigenvalue weighted by molar-refractivity contribution is 5.98. The van der Waals surface area contributed by atoms with E-state index in [1.165, 1.54) is 0 Å². The van der Waals surface area contributed by atoms with Gasteiger partial charge in [-0.3, -0.25) is 9.59 Å². The molecule has 2 aromatic carbocycles. The van der Waals surface area contributed by atoms with Gasteiger partial charge in [0.1, 0.15) is 5.75 Å². The average molecular weight is 310 g/mol. The molecule has 0 saturated carbocycles. The fraction of sp³-hybridized carbons (Fsp3) is 0.222. The van der Waals surface area contributed by atoms with E-state index in [9.17, 15) is 9.59 Å². The van der Waals surface area contributed by atoms with E-state index in [1.807, 2.05) is 48.5 Å². The number of benzene rings is 2. The van der Waals surface area contributed by atoms with Crippen molar-refractivity contribution in [1.29, 1.82) is 0 Å². The molecule has 0 radical (unpaired) electrons. The van der Waals surface area contributed by atoms with Crippen molar-refractivity contribution in [3.63, 3.8) is 0 Å². The summed E-state index contributed by atoms with van der Waals surface area (Å²) in [5.41, 5.74) is 2.40. The molecule has 0 aromatic heterocycles. The Morgan fingerprint density at radius 3 is 2.70 bits per heavy atom. The molecule has 0 N–H and O–H groups in total. The third kappa shape index (κ3) is 3.04. The highest BCUT2D eigenvalue weighted by atomic mass is 16.5. The number of rotatable bonds is 3. The van der Waals surface area contributed by atoms with Crippen molar-refractivity contribution in [1.82, 2.24) is 0 Å². The van der Waals surface area contributed by atoms with E-state index in [0.29, 0.717) is 11.4 Å². The van der Waals surface area contributed by atoms with E-state index < -0.39 is 0 Å². The van der Waals surface area contributed by atoms with Crippen LogP contribution in [0.25, 0.3) is 0 Å². The number of nitrogens with zero attached hydrogens (tertiary/aromatic N) is 2. The molecule has 0 spiro atoms. The lowest BCUT2D eigenvalue weighted by Gasteiger charge is -2.26. The number of hydrogen-bond acceptors (Lipinski definition) is 3. The van der Waals surface area contributed by atoms with Crippen LogP contribution in [0, 0.1) is 0 Å². The molecule has 1 heterocycles. The number of ether oxygens (including phenoxy) is 1. The minimum absolute atomic E-state index is 0.0122. The SMILES string of the molecule is CN(C(=O)Cc1ccc2c(c1)N(C)C(=O)CO2)c1ccccc1. The number of amides is 2. The van der Waals surface area contributed by atoms with Crippen molar-refractivity contribution in [2.24, 2.45) is 0 Å². The highest BCUT2D eigenvalue weighted by Crippen LogP contribution is 2.32. The van der Waals surface area contributed by atoms with Gasteiger partial charge in [0.25, 0.3) is 5.91 Å². The quantitative estimate of drug-likeness (QED) is 0.873. The summed E-state index contributed by atoms with van der Waals surface area (Å²) < 4.78 is 5.40. The average Bonchev–Trinajstić information content (AvgIpc) is 2.58. The van der Waals surface area contributed by atoms with Crippen LogP contribution in [0.5, 0.6) is 5.75 Å². The molecule has 118 valence electrons. The summed E-state index contributed by atoms with van der Waals surface area (Å²) in [7, 11) is 3.47. The molecule has 5 heteroatoms. The van der Waals surface area contributed by atoms with Gasteiger partial charge in [0, 0.05) is 19.8 Å². The van der Waals surface area contributed by atoms with Crippen molar-refractivity contribution in [3.8, 4) is 5.75 Å². The number of likely N-dealkylation sites (N-methyl/N-ethyl adjacent to an activating group) is 2. The Labute approximate surface area is 135 Å². The monoisotopic (exact) mass is 310 g/mol. The van der Waals surface area contributed by atoms with Gasteiger partial charge in [-0.15, -0.1) is 0 Å². The van der Waals surface area contributed by atoms with Gasteiger partial charge in [-0.2, -0.15) is 0 Å². The van der Waals surface area contributed by atoms with Crippen LogP contribution in [-0.4, -0.2) is 32.5 Å². The number of hydrogen-bond donors (Lipinski definition) is 0. The lowest BCUT2D eigenvalue weighted by Crippen LogP contribution is -2.35. The van der Waals surface area contributed by atoms with E-state index in [4.69, 9.17) is 4.74 Å². The zero-order chi connectivity index (χ0) is 16.4. The van der Waals surface area contributed by atoms with Crippen molar-refractivity contribution >= 4 is 23.2 Å². The van der Waals surface area contributed by atoms with Gasteiger partial charge in [0.15, 0.2) is 6.61 Å². The molecular weight excluding hydrogens is 292 g/mol. The Morgan fingerprint density at radius 2 is 1.96 bits per heavy atom. The fourth-order valence-corrected chi connectivity index (χ4v) is 2.52. The third-order valence-corrected chi connectivity index (χ3v) is 3.98. The van der Waals surface area contributed by atoms with Gasteiger partial charge in [-0.05, 0) is 29.8 Å². The van der Waals surface area contributed by atoms with Crippen molar-refractivity contribution in [2.45, 2.75) is 6.42 Å². The second-order valence-corrected chi connectivity index (χ2v) is 5.51. The standard InChI is InChI=1S/C18H18N2O3/c1-19(14-6-4-3-5-7-14)17(21)11-13-8-9-16-15(10-13)20(2)18(22)12-23-16/h3-10H,11-12H2,1-2H3. The van der Waals surface area contributed by atoms with Crippen LogP contribution in [0.4, 0.5) is 11.4 Å². The molecule has 23 heavy (non-hydrogen) atoms. The number of fused-ring (bicyclic) bond motifs is 1. The van der Waals surface area contributed by atoms with Crippen LogP contribution in [0.1, 0.15) is 5.56 Å². The second kappa shape index (κ2) is 6.12. The lowest BCUT2D eigenvalue weighted by molar-refractivity contribution is -0.121. The van der Waals surface area contributed by atoms with E-state index in [2.05, 4.69) is 0 Å². The summed E-state index contributed by atoms with van der Waals surface area (Å²) in [6.45, 7) is 0.0541. The molecule has 0 atom stereocenters. The molecule has 0 unspecified atom stereocenters. The molecule has 0 saturated heterocycles. The number of carbonyl (C=O) groups excluding carboxylic acids is 2. The Hall–Kier alpha value is -2.82. The zero-order valence-corrected chi connectivity index (χ0v) is 13.2. The van der Waals surface area contributed by atoms with Gasteiger partial charge in [-0.1, -0.05) is 24.3 Å². The summed E-state index contributed by atoms with van der Waals surface area (Å²) in [5, 5.41) is 0. The first-order valence-corrected chi connectivity index (χ1v) is 7.40. The minimum atomic E-state index is -0.0950. The maximum atomic E-state index is 12.4. The minimum Gasteiger partial charge on any atom is -0.482 e. The smallest absolute Gasteiger partial charge is 0.264 e. The zero-order valence-electron chi connectivity index (χ0n) is 13.2. The third-order valence-electron chi connectivity index (χ3n) is 3.98. The van der Waals surface area contributed by atoms with Crippen LogP contribution >= 0.6 is 0 Å². The van der Waals surface area contributed by atoms with Crippen LogP contribution in [-0.2, 0) is 16.0 Å². The second-order valence-electron chi connectivity index (χ2n) is 5.51. The van der Waals surface area contributed by atoms with Crippen molar-refractivity contribution in [2.75, 3.05) is 30.5 Å². The summed E-state index contributed by atoms with van der Waals surface area (Å²) in [5.74, 6) is 0.559. The summed E-state index contributed by atoms with van der Waals surface area (Å²) in [6.07, 6.45) is 0.265. The molecule has 2 amide bonds. The highest BCUT2D eigenvalue weighted by Gasteiger charge is 2.23. The maximum absolute atomic E-state index is 12.4. The Balaban J connectivity index is 1.78. The largest absolute Gasteiger partial charge is 0.482 e. The first-order valence-electron chi connectivity index (χ1n) is 7.40. The summed E-state index contributed by atoms with van der Waals surface area (Å²) >= 11 is 0. The first kappa shape index (κ1) is 15.1. The molecule has 3 rings (SSSR count). The first-order chi connectivity index (χ1) is 11.1. The Bertz CT molecular complexity index is 743. The van der Waals surface area contributed by atoms with Crippen molar-refractivity contribution < 1.29 is 14.3 Å². The predicted octanol–water partition coefficient (Wildman–Crippen LogP) is 2.25. The topological polar surface area (TPSA) is 49.9 Å². The van der Waals surface area contributed by atoms with E-state index in [-0.39, 0.29) is 24.8 Å². The molecule has 0 aliphatic carbocycles. The van der Waals surface area contributed by atoms with E-state index in [1.54, 1.807) is 23.9 Å². The molecule has 1 aliphatic rings. The molecule has 5 nitrogen and oxygen atoms in total. The normalized spacial score (nSPS) is 13.3. The molecule has 2 aromatic rings. The van der Waals surface area contributed by atoms with Gasteiger partial charge in [-0.25, -0.2) is 0 Å². The van der Waals surface area contributed by atoms with Crippen LogP contribution in [0.3, 0.4) is 0 Å². The molecular formula is C18H18N2O3. The van der Waals surface area contributed by atoms with Crippen LogP contribution in [0.2, 0.25) is 0 Å². The number of carbonyl (C=O) groups is 2.